The summed E-state index contributed by atoms with van der Waals surface area (Å²) in [4.78, 5) is 2.37. The van der Waals surface area contributed by atoms with Crippen molar-refractivity contribution >= 4 is 11.4 Å². The van der Waals surface area contributed by atoms with Crippen molar-refractivity contribution in [2.24, 2.45) is 0 Å². The van der Waals surface area contributed by atoms with E-state index in [-0.39, 0.29) is 0 Å². The molecular formula is C13H17N3. The zero-order valence-corrected chi connectivity index (χ0v) is 9.45. The number of nitriles is 1. The van der Waals surface area contributed by atoms with E-state index in [0.29, 0.717) is 6.42 Å². The second kappa shape index (κ2) is 4.89. The van der Waals surface area contributed by atoms with Gasteiger partial charge in [-0.3, -0.25) is 0 Å². The minimum atomic E-state index is 0.640. The Bertz CT molecular complexity index is 406. The number of anilines is 2. The van der Waals surface area contributed by atoms with Crippen LogP contribution in [0.2, 0.25) is 0 Å². The zero-order valence-electron chi connectivity index (χ0n) is 9.45. The van der Waals surface area contributed by atoms with E-state index in [0.717, 1.165) is 31.6 Å². The van der Waals surface area contributed by atoms with Crippen LogP contribution in [0.1, 0.15) is 24.8 Å². The average molecular weight is 215 g/mol. The van der Waals surface area contributed by atoms with Crippen LogP contribution in [0.5, 0.6) is 0 Å². The van der Waals surface area contributed by atoms with Gasteiger partial charge in [-0.15, -0.1) is 0 Å². The van der Waals surface area contributed by atoms with Gasteiger partial charge in [0.05, 0.1) is 6.07 Å². The number of benzene rings is 1. The van der Waals surface area contributed by atoms with Gasteiger partial charge in [-0.2, -0.15) is 5.26 Å². The Morgan fingerprint density at radius 3 is 3.12 bits per heavy atom. The lowest BCUT2D eigenvalue weighted by molar-refractivity contribution is 0.670. The first kappa shape index (κ1) is 10.8. The van der Waals surface area contributed by atoms with Gasteiger partial charge in [0.1, 0.15) is 0 Å². The van der Waals surface area contributed by atoms with Gasteiger partial charge in [0.15, 0.2) is 0 Å². The van der Waals surface area contributed by atoms with Crippen LogP contribution in [0.3, 0.4) is 0 Å². The molecule has 0 saturated carbocycles. The van der Waals surface area contributed by atoms with Crippen molar-refractivity contribution in [3.05, 3.63) is 23.8 Å². The van der Waals surface area contributed by atoms with Crippen molar-refractivity contribution in [1.29, 1.82) is 5.26 Å². The minimum absolute atomic E-state index is 0.640. The van der Waals surface area contributed by atoms with Crippen LogP contribution in [0.4, 0.5) is 11.4 Å². The molecule has 16 heavy (non-hydrogen) atoms. The highest BCUT2D eigenvalue weighted by Crippen LogP contribution is 2.28. The van der Waals surface area contributed by atoms with Crippen molar-refractivity contribution in [3.63, 3.8) is 0 Å². The summed E-state index contributed by atoms with van der Waals surface area (Å²) >= 11 is 0. The van der Waals surface area contributed by atoms with Gasteiger partial charge in [0.25, 0.3) is 0 Å². The number of unbranched alkanes of at least 4 members (excludes halogenated alkanes) is 1. The number of hydrogen-bond donors (Lipinski definition) is 1. The first-order valence-corrected chi connectivity index (χ1v) is 5.81. The molecule has 0 bridgehead atoms. The molecule has 1 aromatic carbocycles. The van der Waals surface area contributed by atoms with Crippen LogP contribution in [-0.4, -0.2) is 13.1 Å². The predicted octanol–water partition coefficient (Wildman–Crippen LogP) is 2.33. The maximum atomic E-state index is 8.54. The van der Waals surface area contributed by atoms with E-state index in [4.69, 9.17) is 11.0 Å². The Balaban J connectivity index is 2.11. The molecule has 1 heterocycles. The molecule has 3 heteroatoms. The number of fused-ring (bicyclic) bond motifs is 1. The van der Waals surface area contributed by atoms with Gasteiger partial charge in [0.2, 0.25) is 0 Å². The number of rotatable bonds is 3. The molecule has 0 amide bonds. The average Bonchev–Trinajstić information content (AvgIpc) is 2.29. The third-order valence-corrected chi connectivity index (χ3v) is 3.03. The summed E-state index contributed by atoms with van der Waals surface area (Å²) in [5, 5.41) is 8.54. The Hall–Kier alpha value is -1.69. The molecule has 0 radical (unpaired) electrons. The van der Waals surface area contributed by atoms with Crippen LogP contribution in [0.15, 0.2) is 18.2 Å². The van der Waals surface area contributed by atoms with Crippen LogP contribution in [0, 0.1) is 11.3 Å². The summed E-state index contributed by atoms with van der Waals surface area (Å²) in [5.41, 5.74) is 9.29. The second-order valence-corrected chi connectivity index (χ2v) is 4.24. The fourth-order valence-corrected chi connectivity index (χ4v) is 2.28. The van der Waals surface area contributed by atoms with Gasteiger partial charge < -0.3 is 10.6 Å². The summed E-state index contributed by atoms with van der Waals surface area (Å²) in [5.74, 6) is 0. The van der Waals surface area contributed by atoms with Gasteiger partial charge in [-0.05, 0) is 43.0 Å². The highest BCUT2D eigenvalue weighted by molar-refractivity contribution is 5.61. The molecule has 1 aliphatic rings. The van der Waals surface area contributed by atoms with Crippen molar-refractivity contribution in [2.75, 3.05) is 23.7 Å². The largest absolute Gasteiger partial charge is 0.399 e. The molecule has 2 rings (SSSR count). The number of aryl methyl sites for hydroxylation is 1. The Morgan fingerprint density at radius 2 is 2.31 bits per heavy atom. The summed E-state index contributed by atoms with van der Waals surface area (Å²) in [6.45, 7) is 2.08. The number of nitrogens with two attached hydrogens (primary N) is 1. The predicted molar refractivity (Wildman–Crippen MR) is 66.2 cm³/mol. The molecule has 1 aromatic rings. The molecule has 0 spiro atoms. The monoisotopic (exact) mass is 215 g/mol. The standard InChI is InChI=1S/C13H17N3/c14-7-1-2-8-16-9-3-4-11-10-12(15)5-6-13(11)16/h5-6,10H,1-4,8-9,15H2. The van der Waals surface area contributed by atoms with Crippen molar-refractivity contribution < 1.29 is 0 Å². The van der Waals surface area contributed by atoms with Crippen molar-refractivity contribution in [1.82, 2.24) is 0 Å². The molecular weight excluding hydrogens is 198 g/mol. The zero-order chi connectivity index (χ0) is 11.4. The first-order valence-electron chi connectivity index (χ1n) is 5.81. The van der Waals surface area contributed by atoms with Crippen molar-refractivity contribution in [3.8, 4) is 6.07 Å². The molecule has 0 aliphatic carbocycles. The fourth-order valence-electron chi connectivity index (χ4n) is 2.28. The van der Waals surface area contributed by atoms with E-state index >= 15 is 0 Å². The fraction of sp³-hybridized carbons (Fsp3) is 0.462. The van der Waals surface area contributed by atoms with Gasteiger partial charge in [-0.1, -0.05) is 0 Å². The topological polar surface area (TPSA) is 53.0 Å². The molecule has 0 atom stereocenters. The quantitative estimate of drug-likeness (QED) is 0.622. The smallest absolute Gasteiger partial charge is 0.0622 e. The Kier molecular flexibility index (Phi) is 3.31. The van der Waals surface area contributed by atoms with E-state index in [1.807, 2.05) is 6.07 Å². The van der Waals surface area contributed by atoms with E-state index in [1.54, 1.807) is 0 Å². The third kappa shape index (κ3) is 2.27. The molecule has 0 saturated heterocycles. The minimum Gasteiger partial charge on any atom is -0.399 e. The molecule has 0 unspecified atom stereocenters. The third-order valence-electron chi connectivity index (χ3n) is 3.03. The van der Waals surface area contributed by atoms with E-state index in [1.165, 1.54) is 17.7 Å². The molecule has 3 nitrogen and oxygen atoms in total. The lowest BCUT2D eigenvalue weighted by atomic mass is 10.0. The summed E-state index contributed by atoms with van der Waals surface area (Å²) < 4.78 is 0. The van der Waals surface area contributed by atoms with Gasteiger partial charge >= 0.3 is 0 Å². The SMILES string of the molecule is N#CCCCN1CCCc2cc(N)ccc21. The normalized spacial score (nSPS) is 14.3. The molecule has 0 aromatic heterocycles. The molecule has 84 valence electrons. The number of nitrogens with zero attached hydrogens (tertiary/aromatic N) is 2. The van der Waals surface area contributed by atoms with Gasteiger partial charge in [0, 0.05) is 30.9 Å². The van der Waals surface area contributed by atoms with E-state index < -0.39 is 0 Å². The van der Waals surface area contributed by atoms with Gasteiger partial charge in [-0.25, -0.2) is 0 Å². The Labute approximate surface area is 96.5 Å². The molecule has 1 aliphatic heterocycles. The van der Waals surface area contributed by atoms with Crippen molar-refractivity contribution in [2.45, 2.75) is 25.7 Å². The highest BCUT2D eigenvalue weighted by atomic mass is 15.1. The number of nitrogen functional groups attached to an aromatic ring is 1. The van der Waals surface area contributed by atoms with E-state index in [9.17, 15) is 0 Å². The maximum Gasteiger partial charge on any atom is 0.0622 e. The molecule has 0 fully saturated rings. The Morgan fingerprint density at radius 1 is 1.44 bits per heavy atom. The van der Waals surface area contributed by atoms with Crippen LogP contribution >= 0.6 is 0 Å². The summed E-state index contributed by atoms with van der Waals surface area (Å²) in [6, 6.07) is 8.34. The maximum absolute atomic E-state index is 8.54. The highest BCUT2D eigenvalue weighted by Gasteiger charge is 2.15. The van der Waals surface area contributed by atoms with E-state index in [2.05, 4.69) is 23.1 Å². The first-order chi connectivity index (χ1) is 7.81. The lowest BCUT2D eigenvalue weighted by Crippen LogP contribution is -2.30. The lowest BCUT2D eigenvalue weighted by Gasteiger charge is -2.31. The van der Waals surface area contributed by atoms with Crippen LogP contribution in [-0.2, 0) is 6.42 Å². The summed E-state index contributed by atoms with van der Waals surface area (Å²) in [7, 11) is 0. The number of hydrogen-bond acceptors (Lipinski definition) is 3. The van der Waals surface area contributed by atoms with Crippen LogP contribution in [0.25, 0.3) is 0 Å². The van der Waals surface area contributed by atoms with Crippen LogP contribution < -0.4 is 10.6 Å². The molecule has 2 N–H and O–H groups in total. The summed E-state index contributed by atoms with van der Waals surface area (Å²) in [6.07, 6.45) is 3.89. The second-order valence-electron chi connectivity index (χ2n) is 4.24.